The Morgan fingerprint density at radius 1 is 1.59 bits per heavy atom. The molecule has 1 aromatic heterocycles. The first-order chi connectivity index (χ1) is 7.90. The first kappa shape index (κ1) is 13.6. The second-order valence-corrected chi connectivity index (χ2v) is 4.50. The summed E-state index contributed by atoms with van der Waals surface area (Å²) < 4.78 is 4.41. The van der Waals surface area contributed by atoms with Crippen molar-refractivity contribution in [2.24, 2.45) is 0 Å². The number of hydrogen-bond donors (Lipinski definition) is 1. The molecule has 17 heavy (non-hydrogen) atoms. The monoisotopic (exact) mass is 323 g/mol. The van der Waals surface area contributed by atoms with Gasteiger partial charge < -0.3 is 9.84 Å². The van der Waals surface area contributed by atoms with Gasteiger partial charge in [0.15, 0.2) is 0 Å². The van der Waals surface area contributed by atoms with Crippen molar-refractivity contribution in [3.8, 4) is 0 Å². The molecule has 0 amide bonds. The fourth-order valence-corrected chi connectivity index (χ4v) is 2.83. The minimum Gasteiger partial charge on any atom is -0.478 e. The Hall–Kier alpha value is -1.48. The Morgan fingerprint density at radius 2 is 2.18 bits per heavy atom. The van der Waals surface area contributed by atoms with E-state index in [2.05, 4.69) is 20.7 Å². The van der Waals surface area contributed by atoms with Gasteiger partial charge in [-0.25, -0.2) is 9.59 Å². The highest BCUT2D eigenvalue weighted by Gasteiger charge is 2.32. The molecule has 0 saturated carbocycles. The zero-order chi connectivity index (χ0) is 13.2. The van der Waals surface area contributed by atoms with Crippen LogP contribution in [0.1, 0.15) is 27.0 Å². The average molecular weight is 324 g/mol. The van der Waals surface area contributed by atoms with Crippen molar-refractivity contribution in [1.82, 2.24) is 0 Å². The molecule has 0 fully saturated rings. The van der Waals surface area contributed by atoms with Gasteiger partial charge in [0, 0.05) is 0 Å². The number of carboxylic acids is 1. The summed E-state index contributed by atoms with van der Waals surface area (Å²) in [6, 6.07) is 0. The Bertz CT molecular complexity index is 496. The van der Waals surface area contributed by atoms with Gasteiger partial charge >= 0.3 is 16.9 Å². The fourth-order valence-electron chi connectivity index (χ4n) is 1.05. The lowest BCUT2D eigenvalue weighted by Gasteiger charge is -1.99. The standard InChI is InChI=1S/C8H6BrNO6S/c1-2-16-8(13)5-3(7(11)12)4(9)6(17-5)10(14)15/h2H2,1H3,(H,11,12). The number of nitro groups is 1. The lowest BCUT2D eigenvalue weighted by Crippen LogP contribution is -2.08. The molecule has 1 heterocycles. The van der Waals surface area contributed by atoms with Crippen LogP contribution in [0.2, 0.25) is 0 Å². The molecule has 0 aliphatic rings. The van der Waals surface area contributed by atoms with Crippen LogP contribution < -0.4 is 0 Å². The highest BCUT2D eigenvalue weighted by Crippen LogP contribution is 2.39. The van der Waals surface area contributed by atoms with E-state index < -0.39 is 27.4 Å². The van der Waals surface area contributed by atoms with Gasteiger partial charge in [0.2, 0.25) is 0 Å². The van der Waals surface area contributed by atoms with Gasteiger partial charge in [-0.05, 0) is 22.9 Å². The minimum atomic E-state index is -1.43. The Morgan fingerprint density at radius 3 is 2.59 bits per heavy atom. The van der Waals surface area contributed by atoms with Gasteiger partial charge in [0.05, 0.1) is 11.5 Å². The highest BCUT2D eigenvalue weighted by molar-refractivity contribution is 9.10. The van der Waals surface area contributed by atoms with E-state index in [0.29, 0.717) is 11.3 Å². The summed E-state index contributed by atoms with van der Waals surface area (Å²) in [4.78, 5) is 32.0. The molecule has 0 aliphatic heterocycles. The Labute approximate surface area is 107 Å². The van der Waals surface area contributed by atoms with Crippen LogP contribution in [0.5, 0.6) is 0 Å². The Kier molecular flexibility index (Phi) is 4.18. The van der Waals surface area contributed by atoms with Crippen molar-refractivity contribution in [2.75, 3.05) is 6.61 Å². The van der Waals surface area contributed by atoms with Crippen molar-refractivity contribution in [3.63, 3.8) is 0 Å². The lowest BCUT2D eigenvalue weighted by molar-refractivity contribution is -0.381. The molecule has 0 aliphatic carbocycles. The molecule has 0 saturated heterocycles. The zero-order valence-corrected chi connectivity index (χ0v) is 10.8. The summed E-state index contributed by atoms with van der Waals surface area (Å²) in [6.07, 6.45) is 0. The second-order valence-electron chi connectivity index (χ2n) is 2.71. The summed E-state index contributed by atoms with van der Waals surface area (Å²) in [5, 5.41) is 19.1. The average Bonchev–Trinajstić information content (AvgIpc) is 2.56. The molecular weight excluding hydrogens is 318 g/mol. The molecule has 1 aromatic rings. The number of nitrogens with zero attached hydrogens (tertiary/aromatic N) is 1. The molecule has 0 bridgehead atoms. The van der Waals surface area contributed by atoms with Crippen LogP contribution in [0.3, 0.4) is 0 Å². The fraction of sp³-hybridized carbons (Fsp3) is 0.250. The normalized spacial score (nSPS) is 10.0. The molecule has 0 radical (unpaired) electrons. The third kappa shape index (κ3) is 2.61. The first-order valence-corrected chi connectivity index (χ1v) is 5.88. The smallest absolute Gasteiger partial charge is 0.349 e. The molecule has 1 N–H and O–H groups in total. The first-order valence-electron chi connectivity index (χ1n) is 4.27. The second kappa shape index (κ2) is 5.23. The number of ether oxygens (including phenoxy) is 1. The molecule has 92 valence electrons. The summed E-state index contributed by atoms with van der Waals surface area (Å²) >= 11 is 3.27. The molecule has 0 unspecified atom stereocenters. The van der Waals surface area contributed by atoms with Gasteiger partial charge in [0.1, 0.15) is 14.9 Å². The number of thiophene rings is 1. The molecule has 0 spiro atoms. The number of rotatable bonds is 4. The van der Waals surface area contributed by atoms with E-state index in [4.69, 9.17) is 5.11 Å². The third-order valence-electron chi connectivity index (χ3n) is 1.67. The van der Waals surface area contributed by atoms with E-state index in [9.17, 15) is 19.7 Å². The van der Waals surface area contributed by atoms with E-state index in [0.717, 1.165) is 0 Å². The molecular formula is C8H6BrNO6S. The maximum Gasteiger partial charge on any atom is 0.349 e. The largest absolute Gasteiger partial charge is 0.478 e. The number of aromatic carboxylic acids is 1. The van der Waals surface area contributed by atoms with Crippen LogP contribution in [0.25, 0.3) is 0 Å². The number of hydrogen-bond acceptors (Lipinski definition) is 6. The predicted molar refractivity (Wildman–Crippen MR) is 61.6 cm³/mol. The molecule has 7 nitrogen and oxygen atoms in total. The van der Waals surface area contributed by atoms with Gasteiger partial charge in [-0.1, -0.05) is 11.3 Å². The van der Waals surface area contributed by atoms with E-state index in [-0.39, 0.29) is 16.0 Å². The maximum absolute atomic E-state index is 11.4. The van der Waals surface area contributed by atoms with Crippen molar-refractivity contribution >= 4 is 44.2 Å². The number of halogens is 1. The number of esters is 1. The van der Waals surface area contributed by atoms with Crippen molar-refractivity contribution in [1.29, 1.82) is 0 Å². The maximum atomic E-state index is 11.4. The van der Waals surface area contributed by atoms with Crippen LogP contribution in [0.15, 0.2) is 4.47 Å². The van der Waals surface area contributed by atoms with Crippen LogP contribution >= 0.6 is 27.3 Å². The summed E-state index contributed by atoms with van der Waals surface area (Å²) in [5.41, 5.74) is -0.444. The van der Waals surface area contributed by atoms with Crippen LogP contribution in [0.4, 0.5) is 5.00 Å². The van der Waals surface area contributed by atoms with E-state index in [1.807, 2.05) is 0 Å². The van der Waals surface area contributed by atoms with Crippen LogP contribution in [-0.4, -0.2) is 28.6 Å². The van der Waals surface area contributed by atoms with Crippen LogP contribution in [-0.2, 0) is 4.74 Å². The predicted octanol–water partition coefficient (Wildman–Crippen LogP) is 2.29. The molecule has 0 atom stereocenters. The van der Waals surface area contributed by atoms with Crippen molar-refractivity contribution < 1.29 is 24.4 Å². The highest BCUT2D eigenvalue weighted by atomic mass is 79.9. The summed E-state index contributed by atoms with van der Waals surface area (Å²) in [7, 11) is 0. The van der Waals surface area contributed by atoms with Gasteiger partial charge in [-0.15, -0.1) is 0 Å². The zero-order valence-electron chi connectivity index (χ0n) is 8.43. The summed E-state index contributed by atoms with van der Waals surface area (Å²) in [5.74, 6) is -2.31. The van der Waals surface area contributed by atoms with E-state index in [1.54, 1.807) is 6.92 Å². The lowest BCUT2D eigenvalue weighted by atomic mass is 10.2. The quantitative estimate of drug-likeness (QED) is 0.517. The van der Waals surface area contributed by atoms with Gasteiger partial charge in [0.25, 0.3) is 0 Å². The van der Waals surface area contributed by atoms with Crippen molar-refractivity contribution in [3.05, 3.63) is 25.0 Å². The Balaban J connectivity index is 3.38. The minimum absolute atomic E-state index is 0.0568. The van der Waals surface area contributed by atoms with E-state index >= 15 is 0 Å². The van der Waals surface area contributed by atoms with E-state index in [1.165, 1.54) is 0 Å². The number of carbonyl (C=O) groups is 2. The molecule has 1 rings (SSSR count). The third-order valence-corrected chi connectivity index (χ3v) is 3.83. The van der Waals surface area contributed by atoms with Gasteiger partial charge in [-0.2, -0.15) is 0 Å². The van der Waals surface area contributed by atoms with Crippen molar-refractivity contribution in [2.45, 2.75) is 6.92 Å². The molecule has 9 heteroatoms. The number of carboxylic acid groups (broad SMARTS) is 1. The SMILES string of the molecule is CCOC(=O)c1sc([N+](=O)[O-])c(Br)c1C(=O)O. The number of carbonyl (C=O) groups excluding carboxylic acids is 1. The summed E-state index contributed by atoms with van der Waals surface area (Å²) in [6.45, 7) is 1.61. The topological polar surface area (TPSA) is 107 Å². The van der Waals surface area contributed by atoms with Gasteiger partial charge in [-0.3, -0.25) is 10.1 Å². The molecule has 0 aromatic carbocycles. The van der Waals surface area contributed by atoms with Crippen LogP contribution in [0, 0.1) is 10.1 Å².